The number of rotatable bonds is 11. The van der Waals surface area contributed by atoms with Gasteiger partial charge in [0.15, 0.2) is 0 Å². The normalized spacial score (nSPS) is 12.9. The number of aryl methyl sites for hydroxylation is 1. The number of imidazole rings is 1. The maximum Gasteiger partial charge on any atom is 0.268 e. The Labute approximate surface area is 211 Å². The molecule has 0 bridgehead atoms. The van der Waals surface area contributed by atoms with E-state index >= 15 is 0 Å². The maximum absolute atomic E-state index is 11.4. The molecule has 2 atom stereocenters. The molecule has 0 aliphatic heterocycles. The minimum Gasteiger partial charge on any atom is -0.489 e. The Bertz CT molecular complexity index is 1290. The molecule has 1 amide bonds. The zero-order valence-corrected chi connectivity index (χ0v) is 20.3. The second kappa shape index (κ2) is 12.0. The summed E-state index contributed by atoms with van der Waals surface area (Å²) in [6, 6.07) is 26.2. The van der Waals surface area contributed by atoms with Gasteiger partial charge in [-0.3, -0.25) is 4.79 Å². The van der Waals surface area contributed by atoms with E-state index in [-0.39, 0.29) is 11.7 Å². The predicted octanol–water partition coefficient (Wildman–Crippen LogP) is 5.29. The SMILES string of the molecule is CC(O)C(CCc1ccccc1OCc1ccc(/C=C/c2ccccc2)cc1)n1cnc(C(N)=O)c1. The highest BCUT2D eigenvalue weighted by molar-refractivity contribution is 5.90. The standard InChI is InChI=1S/C30H31N3O3/c1-22(34)28(33-19-27(30(31)35)32-21-33)18-17-26-9-5-6-10-29(26)36-20-25-15-13-24(14-16-25)12-11-23-7-3-2-4-8-23/h2-16,19,21-22,28,34H,17-18,20H2,1H3,(H2,31,35)/b12-11+. The molecule has 4 aromatic rings. The summed E-state index contributed by atoms with van der Waals surface area (Å²) in [6.45, 7) is 2.19. The number of hydrogen-bond donors (Lipinski definition) is 2. The number of hydrogen-bond acceptors (Lipinski definition) is 4. The Kier molecular flexibility index (Phi) is 8.32. The molecule has 1 heterocycles. The monoisotopic (exact) mass is 481 g/mol. The second-order valence-electron chi connectivity index (χ2n) is 8.80. The molecule has 184 valence electrons. The summed E-state index contributed by atoms with van der Waals surface area (Å²) >= 11 is 0. The summed E-state index contributed by atoms with van der Waals surface area (Å²) in [4.78, 5) is 15.4. The van der Waals surface area contributed by atoms with Crippen molar-refractivity contribution in [2.75, 3.05) is 0 Å². The molecule has 36 heavy (non-hydrogen) atoms. The van der Waals surface area contributed by atoms with Crippen LogP contribution in [0.25, 0.3) is 12.2 Å². The molecule has 2 unspecified atom stereocenters. The van der Waals surface area contributed by atoms with Crippen molar-refractivity contribution in [3.8, 4) is 5.75 Å². The van der Waals surface area contributed by atoms with Gasteiger partial charge in [-0.25, -0.2) is 4.98 Å². The Morgan fingerprint density at radius 2 is 1.67 bits per heavy atom. The number of ether oxygens (including phenoxy) is 1. The summed E-state index contributed by atoms with van der Waals surface area (Å²) in [7, 11) is 0. The number of carbonyl (C=O) groups is 1. The van der Waals surface area contributed by atoms with E-state index in [4.69, 9.17) is 10.5 Å². The number of nitrogens with zero attached hydrogens (tertiary/aromatic N) is 2. The molecule has 6 nitrogen and oxygen atoms in total. The van der Waals surface area contributed by atoms with Gasteiger partial charge in [0, 0.05) is 6.20 Å². The molecule has 0 aliphatic rings. The van der Waals surface area contributed by atoms with Crippen LogP contribution in [0.15, 0.2) is 91.4 Å². The lowest BCUT2D eigenvalue weighted by Crippen LogP contribution is -2.21. The van der Waals surface area contributed by atoms with Gasteiger partial charge in [-0.15, -0.1) is 0 Å². The van der Waals surface area contributed by atoms with Crippen molar-refractivity contribution in [1.82, 2.24) is 9.55 Å². The first kappa shape index (κ1) is 24.9. The number of aromatic nitrogens is 2. The minimum absolute atomic E-state index is 0.186. The lowest BCUT2D eigenvalue weighted by molar-refractivity contribution is 0.0994. The molecule has 6 heteroatoms. The predicted molar refractivity (Wildman–Crippen MR) is 142 cm³/mol. The summed E-state index contributed by atoms with van der Waals surface area (Å²) in [5, 5.41) is 10.3. The average Bonchev–Trinajstić information content (AvgIpc) is 3.38. The van der Waals surface area contributed by atoms with Crippen molar-refractivity contribution in [2.45, 2.75) is 38.5 Å². The van der Waals surface area contributed by atoms with Gasteiger partial charge in [-0.2, -0.15) is 0 Å². The highest BCUT2D eigenvalue weighted by atomic mass is 16.5. The molecule has 0 spiro atoms. The number of primary amides is 1. The highest BCUT2D eigenvalue weighted by Crippen LogP contribution is 2.26. The third kappa shape index (κ3) is 6.71. The smallest absolute Gasteiger partial charge is 0.268 e. The largest absolute Gasteiger partial charge is 0.489 e. The third-order valence-corrected chi connectivity index (χ3v) is 6.12. The number of aliphatic hydroxyl groups excluding tert-OH is 1. The number of carbonyl (C=O) groups excluding carboxylic acids is 1. The molecule has 4 rings (SSSR count). The van der Waals surface area contributed by atoms with E-state index in [2.05, 4.69) is 53.5 Å². The van der Waals surface area contributed by atoms with Gasteiger partial charge in [0.1, 0.15) is 18.1 Å². The fourth-order valence-electron chi connectivity index (χ4n) is 4.08. The van der Waals surface area contributed by atoms with Crippen LogP contribution in [0.5, 0.6) is 5.75 Å². The van der Waals surface area contributed by atoms with Gasteiger partial charge >= 0.3 is 0 Å². The van der Waals surface area contributed by atoms with E-state index in [9.17, 15) is 9.90 Å². The van der Waals surface area contributed by atoms with Gasteiger partial charge < -0.3 is 20.1 Å². The lowest BCUT2D eigenvalue weighted by atomic mass is 10.0. The van der Waals surface area contributed by atoms with Crippen LogP contribution in [0.4, 0.5) is 0 Å². The van der Waals surface area contributed by atoms with Gasteiger partial charge in [-0.05, 0) is 48.1 Å². The molecule has 0 aliphatic carbocycles. The lowest BCUT2D eigenvalue weighted by Gasteiger charge is -2.22. The summed E-state index contributed by atoms with van der Waals surface area (Å²) in [6.07, 6.45) is 8.04. The Balaban J connectivity index is 1.37. The van der Waals surface area contributed by atoms with Crippen molar-refractivity contribution in [3.05, 3.63) is 119 Å². The van der Waals surface area contributed by atoms with E-state index in [0.717, 1.165) is 22.4 Å². The quantitative estimate of drug-likeness (QED) is 0.285. The summed E-state index contributed by atoms with van der Waals surface area (Å²) < 4.78 is 7.92. The Morgan fingerprint density at radius 1 is 1.00 bits per heavy atom. The van der Waals surface area contributed by atoms with Crippen LogP contribution in [0.3, 0.4) is 0 Å². The van der Waals surface area contributed by atoms with Crippen molar-refractivity contribution in [3.63, 3.8) is 0 Å². The number of benzene rings is 3. The van der Waals surface area contributed by atoms with E-state index < -0.39 is 12.0 Å². The number of aliphatic hydroxyl groups is 1. The Hall–Kier alpha value is -4.16. The third-order valence-electron chi connectivity index (χ3n) is 6.12. The van der Waals surface area contributed by atoms with Crippen molar-refractivity contribution >= 4 is 18.1 Å². The molecule has 0 saturated carbocycles. The van der Waals surface area contributed by atoms with Crippen LogP contribution < -0.4 is 10.5 Å². The van der Waals surface area contributed by atoms with Crippen LogP contribution in [0.1, 0.15) is 52.1 Å². The van der Waals surface area contributed by atoms with E-state index in [1.54, 1.807) is 24.0 Å². The first-order valence-corrected chi connectivity index (χ1v) is 12.0. The van der Waals surface area contributed by atoms with Crippen molar-refractivity contribution in [1.29, 1.82) is 0 Å². The zero-order valence-electron chi connectivity index (χ0n) is 20.3. The molecule has 1 aromatic heterocycles. The maximum atomic E-state index is 11.4. The molecule has 0 saturated heterocycles. The summed E-state index contributed by atoms with van der Waals surface area (Å²) in [5.74, 6) is 0.232. The van der Waals surface area contributed by atoms with Gasteiger partial charge in [0.05, 0.1) is 18.5 Å². The number of nitrogens with two attached hydrogens (primary N) is 1. The van der Waals surface area contributed by atoms with Crippen LogP contribution in [0.2, 0.25) is 0 Å². The van der Waals surface area contributed by atoms with Crippen LogP contribution in [-0.2, 0) is 13.0 Å². The molecular weight excluding hydrogens is 450 g/mol. The van der Waals surface area contributed by atoms with Crippen LogP contribution >= 0.6 is 0 Å². The molecule has 3 N–H and O–H groups in total. The van der Waals surface area contributed by atoms with Gasteiger partial charge in [0.25, 0.3) is 5.91 Å². The topological polar surface area (TPSA) is 90.4 Å². The van der Waals surface area contributed by atoms with E-state index in [1.807, 2.05) is 42.5 Å². The summed E-state index contributed by atoms with van der Waals surface area (Å²) in [5.41, 5.74) is 9.94. The number of amides is 1. The van der Waals surface area contributed by atoms with Crippen molar-refractivity contribution < 1.29 is 14.6 Å². The number of para-hydroxylation sites is 1. The zero-order chi connectivity index (χ0) is 25.3. The molecular formula is C30H31N3O3. The van der Waals surface area contributed by atoms with Gasteiger partial charge in [-0.1, -0.05) is 84.9 Å². The Morgan fingerprint density at radius 3 is 2.33 bits per heavy atom. The first-order chi connectivity index (χ1) is 17.5. The molecule has 0 radical (unpaired) electrons. The van der Waals surface area contributed by atoms with Gasteiger partial charge in [0.2, 0.25) is 0 Å². The fraction of sp³-hybridized carbons (Fsp3) is 0.200. The van der Waals surface area contributed by atoms with Crippen molar-refractivity contribution in [2.24, 2.45) is 5.73 Å². The second-order valence-corrected chi connectivity index (χ2v) is 8.80. The first-order valence-electron chi connectivity index (χ1n) is 12.0. The van der Waals surface area contributed by atoms with E-state index in [1.165, 1.54) is 5.56 Å². The van der Waals surface area contributed by atoms with Crippen LogP contribution in [0, 0.1) is 0 Å². The molecule has 0 fully saturated rings. The molecule has 3 aromatic carbocycles. The van der Waals surface area contributed by atoms with E-state index in [0.29, 0.717) is 19.4 Å². The highest BCUT2D eigenvalue weighted by Gasteiger charge is 2.19. The fourth-order valence-corrected chi connectivity index (χ4v) is 4.08. The van der Waals surface area contributed by atoms with Crippen LogP contribution in [-0.4, -0.2) is 26.7 Å². The minimum atomic E-state index is -0.623. The average molecular weight is 482 g/mol.